The van der Waals surface area contributed by atoms with Gasteiger partial charge in [-0.2, -0.15) is 0 Å². The van der Waals surface area contributed by atoms with E-state index in [1.807, 2.05) is 30.3 Å². The lowest BCUT2D eigenvalue weighted by molar-refractivity contribution is -0.117. The van der Waals surface area contributed by atoms with E-state index in [0.29, 0.717) is 16.9 Å². The Balaban J connectivity index is 1.51. The molecule has 3 rings (SSSR count). The number of anilines is 1. The van der Waals surface area contributed by atoms with Crippen molar-refractivity contribution in [3.63, 3.8) is 0 Å². The minimum absolute atomic E-state index is 0.204. The average Bonchev–Trinajstić information content (AvgIpc) is 2.72. The fourth-order valence-corrected chi connectivity index (χ4v) is 2.53. The van der Waals surface area contributed by atoms with E-state index in [-0.39, 0.29) is 12.3 Å². The third-order valence-corrected chi connectivity index (χ3v) is 4.21. The summed E-state index contributed by atoms with van der Waals surface area (Å²) < 4.78 is 0.879. The fourth-order valence-electron chi connectivity index (χ4n) is 2.27. The number of hydrogen-bond donors (Lipinski definition) is 1. The van der Waals surface area contributed by atoms with Crippen molar-refractivity contribution in [1.82, 2.24) is 0 Å². The van der Waals surface area contributed by atoms with Crippen LogP contribution in [0.2, 0.25) is 0 Å². The molecule has 0 bridgehead atoms. The molecule has 1 amide bonds. The summed E-state index contributed by atoms with van der Waals surface area (Å²) in [6.07, 6.45) is 0.204. The van der Waals surface area contributed by atoms with E-state index in [0.717, 1.165) is 10.0 Å². The van der Waals surface area contributed by atoms with Gasteiger partial charge in [0.15, 0.2) is 0 Å². The largest absolute Gasteiger partial charge is 0.362 e. The van der Waals surface area contributed by atoms with Gasteiger partial charge in [-0.1, -0.05) is 46.3 Å². The Morgan fingerprint density at radius 2 is 1.57 bits per heavy atom. The summed E-state index contributed by atoms with van der Waals surface area (Å²) >= 11 is 3.31. The SMILES string of the molecule is O=C(Cc1ccccc1)N=Nc1ccc(NOC(=O)c2ccc(Br)cc2)cc1. The van der Waals surface area contributed by atoms with E-state index < -0.39 is 5.97 Å². The van der Waals surface area contributed by atoms with Gasteiger partial charge in [-0.05, 0) is 54.1 Å². The number of amides is 1. The Kier molecular flexibility index (Phi) is 6.64. The Morgan fingerprint density at radius 1 is 0.893 bits per heavy atom. The van der Waals surface area contributed by atoms with Crippen LogP contribution in [-0.4, -0.2) is 11.9 Å². The fraction of sp³-hybridized carbons (Fsp3) is 0.0476. The Bertz CT molecular complexity index is 972. The molecule has 140 valence electrons. The van der Waals surface area contributed by atoms with Crippen LogP contribution in [0.3, 0.4) is 0 Å². The van der Waals surface area contributed by atoms with Crippen LogP contribution in [0.1, 0.15) is 15.9 Å². The molecular formula is C21H16BrN3O3. The van der Waals surface area contributed by atoms with Gasteiger partial charge < -0.3 is 4.84 Å². The molecule has 0 saturated heterocycles. The van der Waals surface area contributed by atoms with Gasteiger partial charge in [0, 0.05) is 4.47 Å². The number of halogens is 1. The molecule has 7 heteroatoms. The maximum atomic E-state index is 12.0. The zero-order valence-electron chi connectivity index (χ0n) is 14.7. The monoisotopic (exact) mass is 437 g/mol. The van der Waals surface area contributed by atoms with Crippen LogP contribution in [0.15, 0.2) is 93.6 Å². The standard InChI is InChI=1S/C21H16BrN3O3/c22-17-8-6-16(7-9-17)21(27)28-25-19-12-10-18(11-13-19)23-24-20(26)14-15-4-2-1-3-5-15/h1-13,25H,14H2. The molecule has 3 aromatic carbocycles. The second kappa shape index (κ2) is 9.57. The maximum absolute atomic E-state index is 12.0. The molecule has 0 radical (unpaired) electrons. The normalized spacial score (nSPS) is 10.6. The molecule has 3 aromatic rings. The Labute approximate surface area is 170 Å². The van der Waals surface area contributed by atoms with Gasteiger partial charge in [-0.25, -0.2) is 10.3 Å². The summed E-state index contributed by atoms with van der Waals surface area (Å²) in [6.45, 7) is 0. The topological polar surface area (TPSA) is 80.1 Å². The average molecular weight is 438 g/mol. The van der Waals surface area contributed by atoms with Gasteiger partial charge in [0.1, 0.15) is 0 Å². The molecular weight excluding hydrogens is 422 g/mol. The number of rotatable bonds is 6. The molecule has 0 fully saturated rings. The number of nitrogens with zero attached hydrogens (tertiary/aromatic N) is 2. The minimum Gasteiger partial charge on any atom is -0.338 e. The summed E-state index contributed by atoms with van der Waals surface area (Å²) in [5, 5.41) is 7.65. The van der Waals surface area contributed by atoms with Crippen molar-refractivity contribution in [3.05, 3.63) is 94.5 Å². The van der Waals surface area contributed by atoms with Crippen LogP contribution >= 0.6 is 15.9 Å². The van der Waals surface area contributed by atoms with Crippen molar-refractivity contribution in [2.75, 3.05) is 5.48 Å². The third kappa shape index (κ3) is 5.85. The van der Waals surface area contributed by atoms with Crippen molar-refractivity contribution >= 4 is 39.2 Å². The van der Waals surface area contributed by atoms with E-state index in [9.17, 15) is 9.59 Å². The number of carbonyl (C=O) groups is 2. The molecule has 0 unspecified atom stereocenters. The van der Waals surface area contributed by atoms with Gasteiger partial charge in [0.25, 0.3) is 5.91 Å². The highest BCUT2D eigenvalue weighted by Crippen LogP contribution is 2.18. The molecule has 6 nitrogen and oxygen atoms in total. The molecule has 0 aliphatic carbocycles. The third-order valence-electron chi connectivity index (χ3n) is 3.68. The highest BCUT2D eigenvalue weighted by atomic mass is 79.9. The zero-order valence-corrected chi connectivity index (χ0v) is 16.3. The van der Waals surface area contributed by atoms with Crippen molar-refractivity contribution < 1.29 is 14.4 Å². The first-order valence-corrected chi connectivity index (χ1v) is 9.21. The predicted octanol–water partition coefficient (Wildman–Crippen LogP) is 5.49. The number of azo groups is 1. The van der Waals surface area contributed by atoms with Crippen LogP contribution in [0.4, 0.5) is 11.4 Å². The second-order valence-corrected chi connectivity index (χ2v) is 6.72. The van der Waals surface area contributed by atoms with Crippen molar-refractivity contribution in [1.29, 1.82) is 0 Å². The Hall–Kier alpha value is -3.32. The zero-order chi connectivity index (χ0) is 19.8. The summed E-state index contributed by atoms with van der Waals surface area (Å²) in [6, 6.07) is 22.9. The lowest BCUT2D eigenvalue weighted by Crippen LogP contribution is -2.10. The van der Waals surface area contributed by atoms with Gasteiger partial charge in [-0.3, -0.25) is 4.79 Å². The molecule has 0 spiro atoms. The van der Waals surface area contributed by atoms with E-state index >= 15 is 0 Å². The molecule has 0 heterocycles. The summed E-state index contributed by atoms with van der Waals surface area (Å²) in [5.41, 5.74) is 4.99. The first-order valence-electron chi connectivity index (χ1n) is 8.41. The van der Waals surface area contributed by atoms with Gasteiger partial charge in [-0.15, -0.1) is 10.2 Å². The second-order valence-electron chi connectivity index (χ2n) is 5.80. The first-order chi connectivity index (χ1) is 13.6. The van der Waals surface area contributed by atoms with Gasteiger partial charge in [0.05, 0.1) is 23.4 Å². The van der Waals surface area contributed by atoms with E-state index in [1.54, 1.807) is 48.5 Å². The molecule has 28 heavy (non-hydrogen) atoms. The first kappa shape index (κ1) is 19.4. The summed E-state index contributed by atoms with van der Waals surface area (Å²) in [4.78, 5) is 28.9. The molecule has 0 aliphatic rings. The summed E-state index contributed by atoms with van der Waals surface area (Å²) in [5.74, 6) is -0.820. The number of benzene rings is 3. The van der Waals surface area contributed by atoms with E-state index in [4.69, 9.17) is 4.84 Å². The molecule has 0 aliphatic heterocycles. The number of hydrogen-bond acceptors (Lipinski definition) is 5. The van der Waals surface area contributed by atoms with E-state index in [2.05, 4.69) is 31.6 Å². The minimum atomic E-state index is -0.497. The molecule has 1 N–H and O–H groups in total. The number of carbonyl (C=O) groups excluding carboxylic acids is 2. The van der Waals surface area contributed by atoms with Crippen LogP contribution in [0.5, 0.6) is 0 Å². The lowest BCUT2D eigenvalue weighted by Gasteiger charge is -2.07. The maximum Gasteiger partial charge on any atom is 0.362 e. The predicted molar refractivity (Wildman–Crippen MR) is 109 cm³/mol. The van der Waals surface area contributed by atoms with Crippen molar-refractivity contribution in [3.8, 4) is 0 Å². The van der Waals surface area contributed by atoms with Crippen LogP contribution in [0.25, 0.3) is 0 Å². The summed E-state index contributed by atoms with van der Waals surface area (Å²) in [7, 11) is 0. The molecule has 0 aromatic heterocycles. The molecule has 0 saturated carbocycles. The van der Waals surface area contributed by atoms with E-state index in [1.165, 1.54) is 0 Å². The molecule has 0 atom stereocenters. The lowest BCUT2D eigenvalue weighted by atomic mass is 10.1. The van der Waals surface area contributed by atoms with Gasteiger partial charge >= 0.3 is 5.97 Å². The Morgan fingerprint density at radius 3 is 2.25 bits per heavy atom. The van der Waals surface area contributed by atoms with Crippen LogP contribution < -0.4 is 5.48 Å². The van der Waals surface area contributed by atoms with Crippen LogP contribution in [-0.2, 0) is 16.1 Å². The highest BCUT2D eigenvalue weighted by Gasteiger charge is 2.07. The van der Waals surface area contributed by atoms with Crippen LogP contribution in [0, 0.1) is 0 Å². The quantitative estimate of drug-likeness (QED) is 0.408. The van der Waals surface area contributed by atoms with Crippen molar-refractivity contribution in [2.45, 2.75) is 6.42 Å². The highest BCUT2D eigenvalue weighted by molar-refractivity contribution is 9.10. The van der Waals surface area contributed by atoms with Gasteiger partial charge in [0.2, 0.25) is 0 Å². The smallest absolute Gasteiger partial charge is 0.338 e. The van der Waals surface area contributed by atoms with Crippen molar-refractivity contribution in [2.24, 2.45) is 10.2 Å². The number of nitrogens with one attached hydrogen (secondary N) is 1.